The number of aromatic nitrogens is 1. The van der Waals surface area contributed by atoms with Gasteiger partial charge in [0.15, 0.2) is 0 Å². The maximum absolute atomic E-state index is 4.06. The smallest absolute Gasteiger partial charge is 0.0325 e. The average Bonchev–Trinajstić information content (AvgIpc) is 3.24. The van der Waals surface area contributed by atoms with Crippen LogP contribution in [0.5, 0.6) is 0 Å². The highest BCUT2D eigenvalue weighted by Gasteiger charge is 2.20. The second-order valence-electron chi connectivity index (χ2n) is 5.87. The summed E-state index contributed by atoms with van der Waals surface area (Å²) in [5, 5.41) is 3.58. The predicted octanol–water partition coefficient (Wildman–Crippen LogP) is 3.07. The molecule has 21 heavy (non-hydrogen) atoms. The van der Waals surface area contributed by atoms with Gasteiger partial charge in [-0.25, -0.2) is 0 Å². The van der Waals surface area contributed by atoms with Gasteiger partial charge in [0.25, 0.3) is 0 Å². The highest BCUT2D eigenvalue weighted by atomic mass is 32.1. The van der Waals surface area contributed by atoms with Gasteiger partial charge in [-0.1, -0.05) is 0 Å². The van der Waals surface area contributed by atoms with Gasteiger partial charge in [0.2, 0.25) is 0 Å². The summed E-state index contributed by atoms with van der Waals surface area (Å²) < 4.78 is 0. The topological polar surface area (TPSA) is 28.2 Å². The maximum Gasteiger partial charge on any atom is 0.0325 e. The first-order valence-electron chi connectivity index (χ1n) is 7.68. The van der Waals surface area contributed by atoms with Crippen LogP contribution in [-0.2, 0) is 19.5 Å². The van der Waals surface area contributed by atoms with E-state index in [0.29, 0.717) is 0 Å². The Morgan fingerprint density at radius 1 is 1.19 bits per heavy atom. The Labute approximate surface area is 131 Å². The molecule has 0 atom stereocenters. The molecule has 1 aliphatic carbocycles. The Bertz CT molecular complexity index is 548. The number of rotatable bonds is 8. The zero-order valence-electron chi connectivity index (χ0n) is 12.6. The van der Waals surface area contributed by atoms with Gasteiger partial charge in [0.05, 0.1) is 0 Å². The first kappa shape index (κ1) is 14.7. The number of thiophene rings is 1. The molecule has 0 aliphatic heterocycles. The zero-order valence-corrected chi connectivity index (χ0v) is 13.4. The quantitative estimate of drug-likeness (QED) is 0.812. The molecule has 112 valence electrons. The Balaban J connectivity index is 1.42. The lowest BCUT2D eigenvalue weighted by atomic mass is 10.2. The van der Waals surface area contributed by atoms with Crippen molar-refractivity contribution < 1.29 is 0 Å². The van der Waals surface area contributed by atoms with Crippen molar-refractivity contribution in [1.29, 1.82) is 0 Å². The van der Waals surface area contributed by atoms with Gasteiger partial charge < -0.3 is 10.2 Å². The van der Waals surface area contributed by atoms with E-state index >= 15 is 0 Å². The summed E-state index contributed by atoms with van der Waals surface area (Å²) >= 11 is 1.94. The van der Waals surface area contributed by atoms with Crippen LogP contribution in [0.25, 0.3) is 0 Å². The van der Waals surface area contributed by atoms with Crippen molar-refractivity contribution in [2.24, 2.45) is 0 Å². The van der Waals surface area contributed by atoms with Gasteiger partial charge in [-0.15, -0.1) is 11.3 Å². The minimum atomic E-state index is 0.790. The van der Waals surface area contributed by atoms with E-state index in [0.717, 1.165) is 32.1 Å². The standard InChI is InChI=1S/C17H23N3S/c1-20(11-8-14-6-9-18-10-7-14)13-17-5-4-16(21-17)12-19-15-2-3-15/h4-7,9-10,15,19H,2-3,8,11-13H2,1H3. The molecule has 2 aromatic heterocycles. The van der Waals surface area contributed by atoms with E-state index in [1.165, 1.54) is 28.2 Å². The van der Waals surface area contributed by atoms with E-state index in [1.807, 2.05) is 23.7 Å². The van der Waals surface area contributed by atoms with Crippen LogP contribution in [0.15, 0.2) is 36.7 Å². The van der Waals surface area contributed by atoms with Crippen molar-refractivity contribution in [2.75, 3.05) is 13.6 Å². The van der Waals surface area contributed by atoms with Crippen LogP contribution in [0.3, 0.4) is 0 Å². The van der Waals surface area contributed by atoms with Gasteiger partial charge in [-0.2, -0.15) is 0 Å². The van der Waals surface area contributed by atoms with Gasteiger partial charge in [0, 0.05) is 47.8 Å². The number of nitrogens with one attached hydrogen (secondary N) is 1. The number of pyridine rings is 1. The largest absolute Gasteiger partial charge is 0.309 e. The molecule has 1 saturated carbocycles. The molecule has 3 nitrogen and oxygen atoms in total. The molecule has 1 N–H and O–H groups in total. The third-order valence-corrected chi connectivity index (χ3v) is 4.89. The van der Waals surface area contributed by atoms with Crippen LogP contribution in [0, 0.1) is 0 Å². The van der Waals surface area contributed by atoms with Crippen LogP contribution in [0.1, 0.15) is 28.2 Å². The molecule has 2 heterocycles. The van der Waals surface area contributed by atoms with Crippen molar-refractivity contribution in [3.05, 3.63) is 52.0 Å². The normalized spacial score (nSPS) is 14.8. The van der Waals surface area contributed by atoms with Crippen LogP contribution < -0.4 is 5.32 Å². The first-order valence-corrected chi connectivity index (χ1v) is 8.49. The summed E-state index contributed by atoms with van der Waals surface area (Å²) in [5.74, 6) is 0. The summed E-state index contributed by atoms with van der Waals surface area (Å²) in [4.78, 5) is 9.37. The molecule has 0 radical (unpaired) electrons. The summed E-state index contributed by atoms with van der Waals surface area (Å²) in [7, 11) is 2.20. The molecule has 3 rings (SSSR count). The minimum Gasteiger partial charge on any atom is -0.309 e. The lowest BCUT2D eigenvalue weighted by Crippen LogP contribution is -2.20. The fourth-order valence-electron chi connectivity index (χ4n) is 2.35. The number of hydrogen-bond acceptors (Lipinski definition) is 4. The van der Waals surface area contributed by atoms with Crippen LogP contribution in [0.2, 0.25) is 0 Å². The first-order chi connectivity index (χ1) is 10.3. The van der Waals surface area contributed by atoms with E-state index in [9.17, 15) is 0 Å². The van der Waals surface area contributed by atoms with Crippen LogP contribution in [0.4, 0.5) is 0 Å². The molecular formula is C17H23N3S. The molecule has 1 fully saturated rings. The second-order valence-corrected chi connectivity index (χ2v) is 7.12. The Morgan fingerprint density at radius 2 is 1.95 bits per heavy atom. The molecule has 1 aliphatic rings. The number of likely N-dealkylation sites (N-methyl/N-ethyl adjacent to an activating group) is 1. The number of hydrogen-bond donors (Lipinski definition) is 1. The second kappa shape index (κ2) is 7.16. The molecule has 0 spiro atoms. The predicted molar refractivity (Wildman–Crippen MR) is 88.5 cm³/mol. The van der Waals surface area contributed by atoms with E-state index in [1.54, 1.807) is 0 Å². The van der Waals surface area contributed by atoms with Gasteiger partial charge in [-0.05, 0) is 56.1 Å². The van der Waals surface area contributed by atoms with E-state index in [-0.39, 0.29) is 0 Å². The van der Waals surface area contributed by atoms with Crippen molar-refractivity contribution >= 4 is 11.3 Å². The van der Waals surface area contributed by atoms with Crippen molar-refractivity contribution in [2.45, 2.75) is 38.4 Å². The SMILES string of the molecule is CN(CCc1ccncc1)Cc1ccc(CNC2CC2)s1. The molecule has 2 aromatic rings. The highest BCUT2D eigenvalue weighted by Crippen LogP contribution is 2.22. The van der Waals surface area contributed by atoms with Crippen molar-refractivity contribution in [3.8, 4) is 0 Å². The van der Waals surface area contributed by atoms with E-state index in [4.69, 9.17) is 0 Å². The van der Waals surface area contributed by atoms with Crippen molar-refractivity contribution in [3.63, 3.8) is 0 Å². The fourth-order valence-corrected chi connectivity index (χ4v) is 3.40. The van der Waals surface area contributed by atoms with Gasteiger partial charge in [0.1, 0.15) is 0 Å². The van der Waals surface area contributed by atoms with Gasteiger partial charge >= 0.3 is 0 Å². The molecule has 0 bridgehead atoms. The maximum atomic E-state index is 4.06. The molecule has 0 saturated heterocycles. The summed E-state index contributed by atoms with van der Waals surface area (Å²) in [6.07, 6.45) is 7.54. The van der Waals surface area contributed by atoms with Crippen LogP contribution in [-0.4, -0.2) is 29.5 Å². The van der Waals surface area contributed by atoms with Crippen LogP contribution >= 0.6 is 11.3 Å². The van der Waals surface area contributed by atoms with E-state index in [2.05, 4.69) is 46.5 Å². The molecule has 0 aromatic carbocycles. The third-order valence-electron chi connectivity index (χ3n) is 3.82. The Hall–Kier alpha value is -1.23. The lowest BCUT2D eigenvalue weighted by molar-refractivity contribution is 0.334. The van der Waals surface area contributed by atoms with Gasteiger partial charge in [-0.3, -0.25) is 4.98 Å². The Kier molecular flexibility index (Phi) is 5.01. The Morgan fingerprint density at radius 3 is 2.71 bits per heavy atom. The van der Waals surface area contributed by atoms with E-state index < -0.39 is 0 Å². The average molecular weight is 301 g/mol. The summed E-state index contributed by atoms with van der Waals surface area (Å²) in [6, 6.07) is 9.53. The fraction of sp³-hybridized carbons (Fsp3) is 0.471. The monoisotopic (exact) mass is 301 g/mol. The minimum absolute atomic E-state index is 0.790. The third kappa shape index (κ3) is 4.92. The summed E-state index contributed by atoms with van der Waals surface area (Å²) in [6.45, 7) is 3.16. The molecular weight excluding hydrogens is 278 g/mol. The molecule has 0 unspecified atom stereocenters. The lowest BCUT2D eigenvalue weighted by Gasteiger charge is -2.15. The zero-order chi connectivity index (χ0) is 14.5. The number of nitrogens with zero attached hydrogens (tertiary/aromatic N) is 2. The molecule has 0 amide bonds. The highest BCUT2D eigenvalue weighted by molar-refractivity contribution is 7.11. The summed E-state index contributed by atoms with van der Waals surface area (Å²) in [5.41, 5.74) is 1.36. The molecule has 4 heteroatoms. The van der Waals surface area contributed by atoms with Crippen molar-refractivity contribution in [1.82, 2.24) is 15.2 Å².